The molecule has 27 heavy (non-hydrogen) atoms. The molecule has 0 saturated heterocycles. The predicted molar refractivity (Wildman–Crippen MR) is 103 cm³/mol. The maximum absolute atomic E-state index is 14.5. The van der Waals surface area contributed by atoms with Crippen molar-refractivity contribution < 1.29 is 9.18 Å². The van der Waals surface area contributed by atoms with E-state index in [-0.39, 0.29) is 17.5 Å². The second-order valence-electron chi connectivity index (χ2n) is 8.07. The van der Waals surface area contributed by atoms with Crippen molar-refractivity contribution in [1.82, 2.24) is 14.7 Å². The van der Waals surface area contributed by atoms with Crippen LogP contribution in [0.15, 0.2) is 24.3 Å². The number of hydrogen-bond donors (Lipinski definition) is 0. The number of aromatic nitrogens is 2. The summed E-state index contributed by atoms with van der Waals surface area (Å²) in [6, 6.07) is 8.72. The number of amides is 1. The molecule has 2 aliphatic rings. The average Bonchev–Trinajstić information content (AvgIpc) is 3.48. The van der Waals surface area contributed by atoms with Crippen LogP contribution in [0.4, 0.5) is 4.39 Å². The van der Waals surface area contributed by atoms with E-state index in [2.05, 4.69) is 23.3 Å². The number of carbonyl (C=O) groups excluding carboxylic acids is 1. The number of hydrogen-bond acceptors (Lipinski definition) is 2. The Balaban J connectivity index is 1.62. The van der Waals surface area contributed by atoms with E-state index in [1.165, 1.54) is 43.2 Å². The number of aryl methyl sites for hydroxylation is 2. The predicted octanol–water partition coefficient (Wildman–Crippen LogP) is 4.72. The first-order chi connectivity index (χ1) is 13.1. The van der Waals surface area contributed by atoms with Crippen molar-refractivity contribution in [2.45, 2.75) is 70.4 Å². The highest BCUT2D eigenvalue weighted by Crippen LogP contribution is 2.36. The molecule has 5 heteroatoms. The topological polar surface area (TPSA) is 38.1 Å². The molecule has 0 bridgehead atoms. The molecule has 1 aromatic carbocycles. The number of halogens is 1. The summed E-state index contributed by atoms with van der Waals surface area (Å²) in [7, 11) is 1.54. The van der Waals surface area contributed by atoms with Gasteiger partial charge in [0.15, 0.2) is 0 Å². The monoisotopic (exact) mass is 369 g/mol. The fourth-order valence-electron chi connectivity index (χ4n) is 4.44. The Bertz CT molecular complexity index is 834. The van der Waals surface area contributed by atoms with Gasteiger partial charge in [-0.1, -0.05) is 43.5 Å². The van der Waals surface area contributed by atoms with Gasteiger partial charge in [-0.2, -0.15) is 9.49 Å². The van der Waals surface area contributed by atoms with Gasteiger partial charge in [0.1, 0.15) is 5.56 Å². The minimum Gasteiger partial charge on any atom is -0.331 e. The Morgan fingerprint density at radius 1 is 1.19 bits per heavy atom. The summed E-state index contributed by atoms with van der Waals surface area (Å²) >= 11 is 0. The van der Waals surface area contributed by atoms with Crippen LogP contribution in [-0.4, -0.2) is 26.6 Å². The van der Waals surface area contributed by atoms with E-state index in [0.717, 1.165) is 17.5 Å². The normalized spacial score (nSPS) is 17.9. The van der Waals surface area contributed by atoms with E-state index in [4.69, 9.17) is 0 Å². The molecular formula is C22H28FN3O. The highest BCUT2D eigenvalue weighted by atomic mass is 19.1. The summed E-state index contributed by atoms with van der Waals surface area (Å²) < 4.78 is 15.6. The zero-order valence-corrected chi connectivity index (χ0v) is 16.2. The van der Waals surface area contributed by atoms with Crippen LogP contribution < -0.4 is 0 Å². The van der Waals surface area contributed by atoms with Crippen molar-refractivity contribution in [3.05, 3.63) is 52.6 Å². The molecule has 0 N–H and O–H groups in total. The van der Waals surface area contributed by atoms with Gasteiger partial charge in [-0.05, 0) is 49.7 Å². The molecule has 1 aromatic heterocycles. The van der Waals surface area contributed by atoms with Gasteiger partial charge in [-0.15, -0.1) is 0 Å². The maximum Gasteiger partial charge on any atom is 0.260 e. The lowest BCUT2D eigenvalue weighted by molar-refractivity contribution is 0.0723. The lowest BCUT2D eigenvalue weighted by atomic mass is 9.82. The molecular weight excluding hydrogens is 341 g/mol. The van der Waals surface area contributed by atoms with E-state index in [0.29, 0.717) is 18.2 Å². The molecule has 2 fully saturated rings. The van der Waals surface area contributed by atoms with Gasteiger partial charge in [-0.25, -0.2) is 4.68 Å². The highest BCUT2D eigenvalue weighted by molar-refractivity contribution is 5.95. The number of benzene rings is 1. The van der Waals surface area contributed by atoms with Crippen LogP contribution in [0.1, 0.15) is 78.0 Å². The van der Waals surface area contributed by atoms with Crippen LogP contribution in [0.5, 0.6) is 0 Å². The van der Waals surface area contributed by atoms with Crippen molar-refractivity contribution in [3.8, 4) is 0 Å². The SMILES string of the molecule is Cc1nn(C)c(F)c1C(=O)N(Cc1ccccc1C1CCCCC1)C1CC1. The van der Waals surface area contributed by atoms with Crippen LogP contribution in [0, 0.1) is 12.9 Å². The van der Waals surface area contributed by atoms with Gasteiger partial charge in [0.2, 0.25) is 5.95 Å². The minimum absolute atomic E-state index is 0.125. The summed E-state index contributed by atoms with van der Waals surface area (Å²) in [5.41, 5.74) is 3.18. The molecule has 0 radical (unpaired) electrons. The summed E-state index contributed by atoms with van der Waals surface area (Å²) in [6.07, 6.45) is 8.34. The summed E-state index contributed by atoms with van der Waals surface area (Å²) in [6.45, 7) is 2.27. The first-order valence-electron chi connectivity index (χ1n) is 10.1. The van der Waals surface area contributed by atoms with Gasteiger partial charge < -0.3 is 4.90 Å². The van der Waals surface area contributed by atoms with Crippen LogP contribution in [0.25, 0.3) is 0 Å². The van der Waals surface area contributed by atoms with Crippen molar-refractivity contribution in [3.63, 3.8) is 0 Å². The smallest absolute Gasteiger partial charge is 0.260 e. The molecule has 144 valence electrons. The van der Waals surface area contributed by atoms with E-state index in [1.807, 2.05) is 11.0 Å². The third-order valence-corrected chi connectivity index (χ3v) is 6.06. The zero-order chi connectivity index (χ0) is 19.0. The standard InChI is InChI=1S/C22H28FN3O/c1-15-20(21(23)25(2)24-15)22(27)26(18-12-13-18)14-17-10-6-7-11-19(17)16-8-4-3-5-9-16/h6-7,10-11,16,18H,3-5,8-9,12-14H2,1-2H3. The highest BCUT2D eigenvalue weighted by Gasteiger charge is 2.36. The van der Waals surface area contributed by atoms with Crippen molar-refractivity contribution in [2.24, 2.45) is 7.05 Å². The van der Waals surface area contributed by atoms with Gasteiger partial charge in [0.25, 0.3) is 5.91 Å². The quantitative estimate of drug-likeness (QED) is 0.765. The second kappa shape index (κ2) is 7.45. The number of carbonyl (C=O) groups is 1. The molecule has 2 saturated carbocycles. The first-order valence-corrected chi connectivity index (χ1v) is 10.1. The lowest BCUT2D eigenvalue weighted by Crippen LogP contribution is -2.34. The Hall–Kier alpha value is -2.17. The van der Waals surface area contributed by atoms with E-state index in [1.54, 1.807) is 14.0 Å². The van der Waals surface area contributed by atoms with Gasteiger partial charge in [0.05, 0.1) is 5.69 Å². The number of nitrogens with zero attached hydrogens (tertiary/aromatic N) is 3. The lowest BCUT2D eigenvalue weighted by Gasteiger charge is -2.28. The fourth-order valence-corrected chi connectivity index (χ4v) is 4.44. The summed E-state index contributed by atoms with van der Waals surface area (Å²) in [4.78, 5) is 15.1. The second-order valence-corrected chi connectivity index (χ2v) is 8.07. The van der Waals surface area contributed by atoms with E-state index in [9.17, 15) is 9.18 Å². The molecule has 0 unspecified atom stereocenters. The van der Waals surface area contributed by atoms with Crippen LogP contribution in [0.3, 0.4) is 0 Å². The van der Waals surface area contributed by atoms with Crippen molar-refractivity contribution in [1.29, 1.82) is 0 Å². The molecule has 4 nitrogen and oxygen atoms in total. The van der Waals surface area contributed by atoms with Crippen molar-refractivity contribution in [2.75, 3.05) is 0 Å². The van der Waals surface area contributed by atoms with Crippen molar-refractivity contribution >= 4 is 5.91 Å². The molecule has 2 aliphatic carbocycles. The zero-order valence-electron chi connectivity index (χ0n) is 16.2. The Labute approximate surface area is 160 Å². The molecule has 0 aliphatic heterocycles. The third-order valence-electron chi connectivity index (χ3n) is 6.06. The molecule has 0 atom stereocenters. The molecule has 4 rings (SSSR count). The molecule has 1 heterocycles. The van der Waals surface area contributed by atoms with Gasteiger partial charge >= 0.3 is 0 Å². The first kappa shape index (κ1) is 18.2. The molecule has 0 spiro atoms. The van der Waals surface area contributed by atoms with E-state index < -0.39 is 5.95 Å². The summed E-state index contributed by atoms with van der Waals surface area (Å²) in [5, 5.41) is 4.09. The average molecular weight is 369 g/mol. The summed E-state index contributed by atoms with van der Waals surface area (Å²) in [5.74, 6) is -0.175. The van der Waals surface area contributed by atoms with Gasteiger partial charge in [-0.3, -0.25) is 4.79 Å². The Kier molecular flexibility index (Phi) is 5.02. The largest absolute Gasteiger partial charge is 0.331 e. The minimum atomic E-state index is -0.538. The van der Waals surface area contributed by atoms with Gasteiger partial charge in [0, 0.05) is 19.6 Å². The van der Waals surface area contributed by atoms with E-state index >= 15 is 0 Å². The van der Waals surface area contributed by atoms with Crippen LogP contribution in [0.2, 0.25) is 0 Å². The fraction of sp³-hybridized carbons (Fsp3) is 0.545. The maximum atomic E-state index is 14.5. The third kappa shape index (κ3) is 3.64. The molecule has 2 aromatic rings. The Morgan fingerprint density at radius 3 is 2.52 bits per heavy atom. The van der Waals surface area contributed by atoms with Crippen LogP contribution >= 0.6 is 0 Å². The molecule has 1 amide bonds. The Morgan fingerprint density at radius 2 is 1.89 bits per heavy atom. The van der Waals surface area contributed by atoms with Crippen LogP contribution in [-0.2, 0) is 13.6 Å². The number of rotatable bonds is 5.